The summed E-state index contributed by atoms with van der Waals surface area (Å²) in [7, 11) is 0. The Balaban J connectivity index is 1.60. The number of fused-ring (bicyclic) bond motifs is 4. The van der Waals surface area contributed by atoms with Gasteiger partial charge in [0, 0.05) is 40.3 Å². The van der Waals surface area contributed by atoms with Gasteiger partial charge in [-0.3, -0.25) is 9.59 Å². The predicted octanol–water partition coefficient (Wildman–Crippen LogP) is 7.12. The fraction of sp³-hybridized carbons (Fsp3) is 0.0370. The molecule has 2 heterocycles. The molecule has 31 heavy (non-hydrogen) atoms. The quantitative estimate of drug-likeness (QED) is 0.257. The molecule has 0 N–H and O–H groups in total. The smallest absolute Gasteiger partial charge is 0.195 e. The summed E-state index contributed by atoms with van der Waals surface area (Å²) in [5.41, 5.74) is 3.09. The zero-order chi connectivity index (χ0) is 21.1. The molecule has 2 aromatic heterocycles. The molecular weight excluding hydrogens is 420 g/mol. The maximum atomic E-state index is 13.2. The zero-order valence-corrected chi connectivity index (χ0v) is 18.3. The predicted molar refractivity (Wildman–Crippen MR) is 135 cm³/mol. The van der Waals surface area contributed by atoms with Gasteiger partial charge in [-0.2, -0.15) is 0 Å². The average molecular weight is 437 g/mol. The third kappa shape index (κ3) is 2.91. The first-order valence-corrected chi connectivity index (χ1v) is 11.6. The van der Waals surface area contributed by atoms with Gasteiger partial charge in [0.25, 0.3) is 0 Å². The lowest BCUT2D eigenvalue weighted by Crippen LogP contribution is -2.02. The van der Waals surface area contributed by atoms with E-state index in [2.05, 4.69) is 0 Å². The summed E-state index contributed by atoms with van der Waals surface area (Å²) in [6.07, 6.45) is 0. The van der Waals surface area contributed by atoms with Crippen LogP contribution in [0.5, 0.6) is 0 Å². The lowest BCUT2D eigenvalue weighted by Gasteiger charge is -2.07. The van der Waals surface area contributed by atoms with Crippen molar-refractivity contribution >= 4 is 63.0 Å². The Labute approximate surface area is 185 Å². The van der Waals surface area contributed by atoms with Crippen molar-refractivity contribution in [1.29, 1.82) is 0 Å². The van der Waals surface area contributed by atoms with Crippen molar-refractivity contribution in [1.82, 2.24) is 0 Å². The average Bonchev–Trinajstić information content (AvgIpc) is 2.80. The van der Waals surface area contributed by atoms with E-state index in [1.807, 2.05) is 85.8 Å². The van der Waals surface area contributed by atoms with E-state index >= 15 is 0 Å². The monoisotopic (exact) mass is 436 g/mol. The van der Waals surface area contributed by atoms with Gasteiger partial charge in [-0.05, 0) is 66.6 Å². The molecule has 0 radical (unpaired) electrons. The molecule has 0 aliphatic carbocycles. The first-order valence-electron chi connectivity index (χ1n) is 10.0. The van der Waals surface area contributed by atoms with Gasteiger partial charge in [-0.15, -0.1) is 22.7 Å². The highest BCUT2D eigenvalue weighted by atomic mass is 32.1. The summed E-state index contributed by atoms with van der Waals surface area (Å²) in [5.74, 6) is 0. The minimum atomic E-state index is 0.0557. The molecule has 148 valence electrons. The molecule has 6 rings (SSSR count). The highest BCUT2D eigenvalue weighted by Gasteiger charge is 2.10. The van der Waals surface area contributed by atoms with E-state index in [9.17, 15) is 9.59 Å². The topological polar surface area (TPSA) is 34.1 Å². The van der Waals surface area contributed by atoms with Gasteiger partial charge in [0.1, 0.15) is 0 Å². The zero-order valence-electron chi connectivity index (χ0n) is 16.6. The number of hydrogen-bond acceptors (Lipinski definition) is 4. The van der Waals surface area contributed by atoms with Crippen LogP contribution in [0.4, 0.5) is 0 Å². The Kier molecular flexibility index (Phi) is 4.07. The minimum absolute atomic E-state index is 0.0557. The number of benzene rings is 4. The molecule has 4 aromatic carbocycles. The lowest BCUT2D eigenvalue weighted by atomic mass is 10.0. The molecule has 2 nitrogen and oxygen atoms in total. The number of rotatable bonds is 1. The number of aryl methyl sites for hydroxylation is 1. The van der Waals surface area contributed by atoms with Crippen LogP contribution in [0.3, 0.4) is 0 Å². The molecule has 0 bridgehead atoms. The largest absolute Gasteiger partial charge is 0.289 e. The normalized spacial score (nSPS) is 11.6. The second-order valence-corrected chi connectivity index (χ2v) is 9.95. The maximum Gasteiger partial charge on any atom is 0.195 e. The van der Waals surface area contributed by atoms with Crippen LogP contribution >= 0.6 is 22.7 Å². The molecule has 0 aliphatic rings. The van der Waals surface area contributed by atoms with Crippen LogP contribution in [0, 0.1) is 6.92 Å². The van der Waals surface area contributed by atoms with E-state index in [-0.39, 0.29) is 10.9 Å². The Morgan fingerprint density at radius 1 is 0.516 bits per heavy atom. The summed E-state index contributed by atoms with van der Waals surface area (Å²) in [5, 5.41) is 2.97. The molecule has 4 heteroatoms. The highest BCUT2D eigenvalue weighted by Crippen LogP contribution is 2.32. The summed E-state index contributed by atoms with van der Waals surface area (Å²) < 4.78 is 3.95. The van der Waals surface area contributed by atoms with Gasteiger partial charge < -0.3 is 0 Å². The molecule has 0 aliphatic heterocycles. The SMILES string of the molecule is Cc1ccc2sc3ccc(-c4ccc5sc6ccccc6c(=O)c5c4)cc3c(=O)c2c1. The van der Waals surface area contributed by atoms with Crippen LogP contribution in [-0.2, 0) is 0 Å². The molecule has 0 atom stereocenters. The summed E-state index contributed by atoms with van der Waals surface area (Å²) in [6, 6.07) is 25.8. The van der Waals surface area contributed by atoms with Crippen LogP contribution in [0.2, 0.25) is 0 Å². The van der Waals surface area contributed by atoms with Crippen LogP contribution < -0.4 is 10.9 Å². The number of hydrogen-bond donors (Lipinski definition) is 0. The molecule has 0 fully saturated rings. The molecule has 0 saturated heterocycles. The Bertz CT molecular complexity index is 1790. The highest BCUT2D eigenvalue weighted by molar-refractivity contribution is 7.25. The fourth-order valence-corrected chi connectivity index (χ4v) is 6.22. The molecule has 0 amide bonds. The lowest BCUT2D eigenvalue weighted by molar-refractivity contribution is 1.51. The first kappa shape index (κ1) is 18.4. The standard InChI is InChI=1S/C27H16O2S2/c1-15-6-9-23-19(12-15)27(29)21-14-17(8-11-25(21)31-23)16-7-10-24-20(13-16)26(28)18-4-2-3-5-22(18)30-24/h2-14H,1H3. The van der Waals surface area contributed by atoms with Crippen LogP contribution in [-0.4, -0.2) is 0 Å². The van der Waals surface area contributed by atoms with Crippen molar-refractivity contribution in [3.05, 3.63) is 105 Å². The van der Waals surface area contributed by atoms with E-state index in [0.29, 0.717) is 0 Å². The van der Waals surface area contributed by atoms with Gasteiger partial charge in [0.05, 0.1) is 0 Å². The Morgan fingerprint density at radius 2 is 1.00 bits per heavy atom. The Hall–Kier alpha value is -3.34. The van der Waals surface area contributed by atoms with Gasteiger partial charge >= 0.3 is 0 Å². The van der Waals surface area contributed by atoms with Crippen molar-refractivity contribution in [2.45, 2.75) is 6.92 Å². The molecule has 0 unspecified atom stereocenters. The van der Waals surface area contributed by atoms with Crippen LogP contribution in [0.25, 0.3) is 51.5 Å². The third-order valence-electron chi connectivity index (χ3n) is 5.73. The van der Waals surface area contributed by atoms with Crippen LogP contribution in [0.15, 0.2) is 88.5 Å². The second kappa shape index (κ2) is 6.84. The van der Waals surface area contributed by atoms with Crippen molar-refractivity contribution in [3.8, 4) is 11.1 Å². The Morgan fingerprint density at radius 3 is 1.65 bits per heavy atom. The molecule has 0 spiro atoms. The van der Waals surface area contributed by atoms with Gasteiger partial charge in [0.15, 0.2) is 10.9 Å². The van der Waals surface area contributed by atoms with Crippen molar-refractivity contribution in [2.24, 2.45) is 0 Å². The second-order valence-electron chi connectivity index (χ2n) is 7.78. The van der Waals surface area contributed by atoms with Gasteiger partial charge in [-0.1, -0.05) is 35.9 Å². The summed E-state index contributed by atoms with van der Waals surface area (Å²) in [6.45, 7) is 2.00. The molecular formula is C27H16O2S2. The summed E-state index contributed by atoms with van der Waals surface area (Å²) >= 11 is 3.26. The van der Waals surface area contributed by atoms with Crippen molar-refractivity contribution in [3.63, 3.8) is 0 Å². The van der Waals surface area contributed by atoms with Crippen LogP contribution in [0.1, 0.15) is 5.56 Å². The maximum absolute atomic E-state index is 13.2. The minimum Gasteiger partial charge on any atom is -0.289 e. The van der Waals surface area contributed by atoms with E-state index in [1.54, 1.807) is 22.7 Å². The van der Waals surface area contributed by atoms with E-state index < -0.39 is 0 Å². The molecule has 0 saturated carbocycles. The van der Waals surface area contributed by atoms with Crippen molar-refractivity contribution in [2.75, 3.05) is 0 Å². The van der Waals surface area contributed by atoms with E-state index in [1.165, 1.54) is 0 Å². The van der Waals surface area contributed by atoms with Gasteiger partial charge in [0.2, 0.25) is 0 Å². The third-order valence-corrected chi connectivity index (χ3v) is 8.04. The summed E-state index contributed by atoms with van der Waals surface area (Å²) in [4.78, 5) is 26.3. The van der Waals surface area contributed by atoms with Crippen molar-refractivity contribution < 1.29 is 0 Å². The van der Waals surface area contributed by atoms with E-state index in [4.69, 9.17) is 0 Å². The molecule has 6 aromatic rings. The first-order chi connectivity index (χ1) is 15.1. The fourth-order valence-electron chi connectivity index (χ4n) is 4.13. The van der Waals surface area contributed by atoms with E-state index in [0.717, 1.165) is 57.0 Å². The van der Waals surface area contributed by atoms with Gasteiger partial charge in [-0.25, -0.2) is 0 Å².